The Balaban J connectivity index is 4.58. The molecule has 0 heterocycles. The van der Waals surface area contributed by atoms with Gasteiger partial charge in [-0.05, 0) is 41.5 Å². The summed E-state index contributed by atoms with van der Waals surface area (Å²) in [6, 6.07) is -0.479. The molecule has 0 rings (SSSR count). The third-order valence-electron chi connectivity index (χ3n) is 2.30. The lowest BCUT2D eigenvalue weighted by Gasteiger charge is -2.26. The topological polar surface area (TPSA) is 86.1 Å². The van der Waals surface area contributed by atoms with E-state index in [4.69, 9.17) is 0 Å². The van der Waals surface area contributed by atoms with Crippen LogP contribution in [0.4, 0.5) is 0 Å². The van der Waals surface area contributed by atoms with E-state index in [1.165, 1.54) is 0 Å². The monoisotopic (exact) mass is 286 g/mol. The van der Waals surface area contributed by atoms with Gasteiger partial charge in [0.1, 0.15) is 0 Å². The highest BCUT2D eigenvalue weighted by Gasteiger charge is 2.22. The number of ketones is 1. The van der Waals surface area contributed by atoms with Gasteiger partial charge in [-0.15, -0.1) is 0 Å². The van der Waals surface area contributed by atoms with E-state index < -0.39 is 12.3 Å². The van der Waals surface area contributed by atoms with Crippen LogP contribution in [0.2, 0.25) is 0 Å². The summed E-state index contributed by atoms with van der Waals surface area (Å²) in [4.78, 5) is 11.9. The number of hydrazine groups is 1. The summed E-state index contributed by atoms with van der Waals surface area (Å²) >= 11 is 0. The summed E-state index contributed by atoms with van der Waals surface area (Å²) in [6.45, 7) is 13.5. The fourth-order valence-electron chi connectivity index (χ4n) is 1.32. The number of hydrogen-bond donors (Lipinski definition) is 3. The lowest BCUT2D eigenvalue weighted by atomic mass is 10.1. The molecule has 0 aliphatic heterocycles. The van der Waals surface area contributed by atoms with E-state index in [0.717, 1.165) is 0 Å². The number of carbonyl (C=O) groups is 1. The summed E-state index contributed by atoms with van der Waals surface area (Å²) in [5.74, 6) is 0.0340. The molecule has 118 valence electrons. The van der Waals surface area contributed by atoms with Crippen LogP contribution >= 0.6 is 0 Å². The van der Waals surface area contributed by atoms with Crippen molar-refractivity contribution >= 4 is 5.78 Å². The number of hydrogen-bond acceptors (Lipinski definition) is 6. The molecule has 2 unspecified atom stereocenters. The van der Waals surface area contributed by atoms with E-state index in [9.17, 15) is 9.90 Å². The number of aliphatic hydroxyl groups is 1. The number of nitrogens with one attached hydrogen (secondary N) is 2. The van der Waals surface area contributed by atoms with Crippen LogP contribution in [-0.4, -0.2) is 34.2 Å². The van der Waals surface area contributed by atoms with Gasteiger partial charge in [0.05, 0.1) is 11.6 Å². The van der Waals surface area contributed by atoms with Gasteiger partial charge in [-0.3, -0.25) is 10.2 Å². The second-order valence-electron chi connectivity index (χ2n) is 6.99. The number of Topliss-reactive ketones (excluding diaryl/α,β-unsaturated/α-hetero) is 1. The number of rotatable bonds is 7. The molecule has 0 bridgehead atoms. The summed E-state index contributed by atoms with van der Waals surface area (Å²) in [5, 5.41) is 17.8. The Hall–Kier alpha value is -0.850. The van der Waals surface area contributed by atoms with Gasteiger partial charge < -0.3 is 5.11 Å². The average Bonchev–Trinajstić information content (AvgIpc) is 2.28. The Morgan fingerprint density at radius 3 is 2.15 bits per heavy atom. The molecule has 0 aliphatic rings. The van der Waals surface area contributed by atoms with Gasteiger partial charge in [0.2, 0.25) is 0 Å². The molecule has 3 N–H and O–H groups in total. The van der Waals surface area contributed by atoms with Gasteiger partial charge >= 0.3 is 0 Å². The Bertz CT molecular complexity index is 329. The van der Waals surface area contributed by atoms with Crippen molar-refractivity contribution in [3.05, 3.63) is 0 Å². The first-order valence-electron chi connectivity index (χ1n) is 7.10. The molecule has 6 nitrogen and oxygen atoms in total. The fraction of sp³-hybridized carbons (Fsp3) is 0.929. The molecule has 0 saturated carbocycles. The van der Waals surface area contributed by atoms with Crippen LogP contribution in [0.5, 0.6) is 0 Å². The molecule has 0 fully saturated rings. The minimum absolute atomic E-state index is 0.0340. The third-order valence-corrected chi connectivity index (χ3v) is 2.30. The molecule has 0 aliphatic carbocycles. The number of carbonyl (C=O) groups excluding carboxylic acids is 1. The Kier molecular flexibility index (Phi) is 7.47. The maximum Gasteiger partial charge on any atom is 0.167 e. The van der Waals surface area contributed by atoms with E-state index in [-0.39, 0.29) is 23.3 Å². The minimum atomic E-state index is -0.982. The molecule has 20 heavy (non-hydrogen) atoms. The second kappa shape index (κ2) is 7.81. The maximum atomic E-state index is 11.9. The molecule has 0 spiro atoms. The molecule has 0 saturated heterocycles. The second-order valence-corrected chi connectivity index (χ2v) is 6.99. The van der Waals surface area contributed by atoms with E-state index in [2.05, 4.69) is 21.1 Å². The zero-order chi connectivity index (χ0) is 16.0. The highest BCUT2D eigenvalue weighted by Crippen LogP contribution is 2.10. The first kappa shape index (κ1) is 19.1. The highest BCUT2D eigenvalue weighted by molar-refractivity contribution is 5.83. The third kappa shape index (κ3) is 10.00. The molecule has 0 radical (unpaired) electrons. The van der Waals surface area contributed by atoms with E-state index in [1.54, 1.807) is 6.92 Å². The molecule has 0 aromatic carbocycles. The predicted octanol–water partition coefficient (Wildman–Crippen LogP) is 2.19. The number of nitrogens with zero attached hydrogens (tertiary/aromatic N) is 2. The normalized spacial score (nSPS) is 16.4. The van der Waals surface area contributed by atoms with Crippen molar-refractivity contribution in [3.8, 4) is 0 Å². The van der Waals surface area contributed by atoms with Crippen molar-refractivity contribution in [1.82, 2.24) is 10.9 Å². The Morgan fingerprint density at radius 2 is 1.75 bits per heavy atom. The van der Waals surface area contributed by atoms with Crippen LogP contribution < -0.4 is 10.9 Å². The molecule has 0 amide bonds. The van der Waals surface area contributed by atoms with Gasteiger partial charge in [-0.25, -0.2) is 5.43 Å². The molecular weight excluding hydrogens is 256 g/mol. The molecule has 0 aromatic heterocycles. The Morgan fingerprint density at radius 1 is 1.20 bits per heavy atom. The van der Waals surface area contributed by atoms with Crippen molar-refractivity contribution in [2.24, 2.45) is 10.2 Å². The van der Waals surface area contributed by atoms with E-state index in [1.807, 2.05) is 41.5 Å². The van der Waals surface area contributed by atoms with Gasteiger partial charge in [-0.2, -0.15) is 10.2 Å². The molecular formula is C14H30N4O2. The Labute approximate surface area is 122 Å². The number of aliphatic hydroxyl groups excluding tert-OH is 1. The van der Waals surface area contributed by atoms with Crippen molar-refractivity contribution in [1.29, 1.82) is 0 Å². The summed E-state index contributed by atoms with van der Waals surface area (Å²) in [5.41, 5.74) is 5.54. The summed E-state index contributed by atoms with van der Waals surface area (Å²) < 4.78 is 0. The minimum Gasteiger partial charge on any atom is -0.370 e. The highest BCUT2D eigenvalue weighted by atomic mass is 16.3. The zero-order valence-electron chi connectivity index (χ0n) is 13.8. The molecule has 0 aromatic rings. The molecule has 6 heteroatoms. The van der Waals surface area contributed by atoms with Gasteiger partial charge in [0.15, 0.2) is 12.0 Å². The quantitative estimate of drug-likeness (QED) is 0.494. The lowest BCUT2D eigenvalue weighted by molar-refractivity contribution is -0.122. The summed E-state index contributed by atoms with van der Waals surface area (Å²) in [7, 11) is 0. The maximum absolute atomic E-state index is 11.9. The largest absolute Gasteiger partial charge is 0.370 e. The van der Waals surface area contributed by atoms with Crippen molar-refractivity contribution in [2.75, 3.05) is 0 Å². The molecule has 2 atom stereocenters. The van der Waals surface area contributed by atoms with Crippen LogP contribution in [0.1, 0.15) is 61.3 Å². The first-order chi connectivity index (χ1) is 8.94. The van der Waals surface area contributed by atoms with Crippen LogP contribution in [0.25, 0.3) is 0 Å². The zero-order valence-corrected chi connectivity index (χ0v) is 13.8. The smallest absolute Gasteiger partial charge is 0.167 e. The van der Waals surface area contributed by atoms with Gasteiger partial charge in [0.25, 0.3) is 0 Å². The van der Waals surface area contributed by atoms with Gasteiger partial charge in [-0.1, -0.05) is 6.92 Å². The lowest BCUT2D eigenvalue weighted by Crippen LogP contribution is -2.53. The van der Waals surface area contributed by atoms with Crippen LogP contribution in [0.15, 0.2) is 10.2 Å². The van der Waals surface area contributed by atoms with E-state index >= 15 is 0 Å². The van der Waals surface area contributed by atoms with Crippen LogP contribution in [0.3, 0.4) is 0 Å². The first-order valence-corrected chi connectivity index (χ1v) is 7.10. The standard InChI is InChI=1S/C14H30N4O2/c1-8-11(19)10(15-17-13(2,3)4)9-12(20)16-18-14(5,6)7/h10,12,15,17,20H,8-9H2,1-7H3. The SMILES string of the molecule is CCC(=O)C(CC(O)N=NC(C)(C)C)NNC(C)(C)C. The van der Waals surface area contributed by atoms with Crippen molar-refractivity contribution in [3.63, 3.8) is 0 Å². The van der Waals surface area contributed by atoms with E-state index in [0.29, 0.717) is 6.42 Å². The van der Waals surface area contributed by atoms with Crippen molar-refractivity contribution in [2.45, 2.75) is 84.7 Å². The van der Waals surface area contributed by atoms with Crippen LogP contribution in [0, 0.1) is 0 Å². The van der Waals surface area contributed by atoms with Gasteiger partial charge in [0, 0.05) is 18.4 Å². The van der Waals surface area contributed by atoms with Crippen LogP contribution in [-0.2, 0) is 4.79 Å². The fourth-order valence-corrected chi connectivity index (χ4v) is 1.32. The summed E-state index contributed by atoms with van der Waals surface area (Å²) in [6.07, 6.45) is -0.369. The average molecular weight is 286 g/mol. The number of azo groups is 1. The predicted molar refractivity (Wildman–Crippen MR) is 80.3 cm³/mol. The van der Waals surface area contributed by atoms with Crippen molar-refractivity contribution < 1.29 is 9.90 Å².